The van der Waals surface area contributed by atoms with Gasteiger partial charge in [-0.25, -0.2) is 19.3 Å². The van der Waals surface area contributed by atoms with E-state index in [0.717, 1.165) is 5.82 Å². The highest BCUT2D eigenvalue weighted by molar-refractivity contribution is 6.30. The first-order chi connectivity index (χ1) is 14.5. The van der Waals surface area contributed by atoms with Crippen molar-refractivity contribution in [3.8, 4) is 11.5 Å². The third kappa shape index (κ3) is 4.13. The van der Waals surface area contributed by atoms with E-state index in [0.29, 0.717) is 46.3 Å². The lowest BCUT2D eigenvalue weighted by Crippen LogP contribution is -2.07. The van der Waals surface area contributed by atoms with Crippen LogP contribution < -0.4 is 14.8 Å². The predicted octanol–water partition coefficient (Wildman–Crippen LogP) is 4.53. The maximum absolute atomic E-state index is 14.2. The Kier molecular flexibility index (Phi) is 5.67. The first kappa shape index (κ1) is 19.9. The number of aromatic nitrogens is 4. The molecule has 0 unspecified atom stereocenters. The zero-order chi connectivity index (χ0) is 21.1. The molecule has 0 spiro atoms. The molecule has 4 rings (SSSR count). The molecule has 2 heterocycles. The second-order valence-electron chi connectivity index (χ2n) is 6.54. The number of fused-ring (bicyclic) bond motifs is 1. The average Bonchev–Trinajstić information content (AvgIpc) is 3.14. The van der Waals surface area contributed by atoms with E-state index in [-0.39, 0.29) is 5.69 Å². The molecule has 0 bridgehead atoms. The van der Waals surface area contributed by atoms with Crippen molar-refractivity contribution in [2.45, 2.75) is 6.42 Å². The van der Waals surface area contributed by atoms with Crippen LogP contribution in [0.5, 0.6) is 11.5 Å². The number of halogens is 2. The molecule has 0 saturated carbocycles. The van der Waals surface area contributed by atoms with Crippen LogP contribution in [0.3, 0.4) is 0 Å². The summed E-state index contributed by atoms with van der Waals surface area (Å²) in [5.41, 5.74) is 0.892. The lowest BCUT2D eigenvalue weighted by atomic mass is 10.2. The molecule has 30 heavy (non-hydrogen) atoms. The van der Waals surface area contributed by atoms with E-state index in [2.05, 4.69) is 20.3 Å². The quantitative estimate of drug-likeness (QED) is 0.467. The number of anilines is 2. The molecule has 2 aromatic heterocycles. The summed E-state index contributed by atoms with van der Waals surface area (Å²) in [6.45, 7) is 0.429. The Hall–Kier alpha value is -3.39. The number of ether oxygens (including phenoxy) is 2. The van der Waals surface area contributed by atoms with E-state index in [9.17, 15) is 4.39 Å². The first-order valence-corrected chi connectivity index (χ1v) is 9.57. The minimum absolute atomic E-state index is 0.258. The standard InChI is InChI=1S/C21H19ClFN5O2/c1-28-7-6-24-20(28)5-8-30-19-11-17-14(10-18(19)29-2)21(26-12-25-17)27-16-4-3-13(22)9-15(16)23/h3-4,6-7,9-12H,5,8H2,1-2H3,(H,25,26,27). The van der Waals surface area contributed by atoms with Gasteiger partial charge in [0.05, 0.1) is 24.9 Å². The van der Waals surface area contributed by atoms with Crippen LogP contribution in [0.1, 0.15) is 5.82 Å². The zero-order valence-electron chi connectivity index (χ0n) is 16.4. The molecule has 0 aliphatic carbocycles. The molecule has 0 amide bonds. The summed E-state index contributed by atoms with van der Waals surface area (Å²) in [4.78, 5) is 12.8. The van der Waals surface area contributed by atoms with Crippen molar-refractivity contribution in [2.75, 3.05) is 19.0 Å². The fourth-order valence-corrected chi connectivity index (χ4v) is 3.20. The van der Waals surface area contributed by atoms with Crippen LogP contribution in [0, 0.1) is 5.82 Å². The summed E-state index contributed by atoms with van der Waals surface area (Å²) in [5, 5.41) is 3.97. The lowest BCUT2D eigenvalue weighted by Gasteiger charge is -2.14. The number of hydrogen-bond acceptors (Lipinski definition) is 6. The number of benzene rings is 2. The molecule has 1 N–H and O–H groups in total. The van der Waals surface area contributed by atoms with Gasteiger partial charge in [0.2, 0.25) is 0 Å². The van der Waals surface area contributed by atoms with Crippen molar-refractivity contribution < 1.29 is 13.9 Å². The molecular formula is C21H19ClFN5O2. The summed E-state index contributed by atoms with van der Waals surface area (Å²) < 4.78 is 27.5. The van der Waals surface area contributed by atoms with Crippen molar-refractivity contribution in [1.82, 2.24) is 19.5 Å². The first-order valence-electron chi connectivity index (χ1n) is 9.19. The van der Waals surface area contributed by atoms with E-state index < -0.39 is 5.82 Å². The molecule has 0 fully saturated rings. The fourth-order valence-electron chi connectivity index (χ4n) is 3.04. The Morgan fingerprint density at radius 1 is 1.13 bits per heavy atom. The van der Waals surface area contributed by atoms with Gasteiger partial charge in [-0.05, 0) is 24.3 Å². The van der Waals surface area contributed by atoms with Gasteiger partial charge in [0.1, 0.15) is 23.8 Å². The molecule has 0 radical (unpaired) electrons. The van der Waals surface area contributed by atoms with E-state index in [1.807, 2.05) is 17.8 Å². The third-order valence-electron chi connectivity index (χ3n) is 4.61. The van der Waals surface area contributed by atoms with Crippen molar-refractivity contribution in [2.24, 2.45) is 7.05 Å². The van der Waals surface area contributed by atoms with E-state index >= 15 is 0 Å². The predicted molar refractivity (Wildman–Crippen MR) is 113 cm³/mol. The Morgan fingerprint density at radius 3 is 2.73 bits per heavy atom. The van der Waals surface area contributed by atoms with Crippen LogP contribution in [-0.4, -0.2) is 33.2 Å². The summed E-state index contributed by atoms with van der Waals surface area (Å²) in [7, 11) is 3.50. The van der Waals surface area contributed by atoms with Crippen LogP contribution in [-0.2, 0) is 13.5 Å². The van der Waals surface area contributed by atoms with Gasteiger partial charge in [0, 0.05) is 42.3 Å². The minimum Gasteiger partial charge on any atom is -0.493 e. The van der Waals surface area contributed by atoms with Crippen LogP contribution in [0.2, 0.25) is 5.02 Å². The van der Waals surface area contributed by atoms with Crippen molar-refractivity contribution in [3.05, 3.63) is 65.7 Å². The minimum atomic E-state index is -0.476. The number of imidazole rings is 1. The highest BCUT2D eigenvalue weighted by atomic mass is 35.5. The molecule has 9 heteroatoms. The largest absolute Gasteiger partial charge is 0.493 e. The Morgan fingerprint density at radius 2 is 2.00 bits per heavy atom. The third-order valence-corrected chi connectivity index (χ3v) is 4.84. The molecule has 0 aliphatic heterocycles. The number of nitrogens with one attached hydrogen (secondary N) is 1. The normalized spacial score (nSPS) is 10.9. The van der Waals surface area contributed by atoms with Gasteiger partial charge < -0.3 is 19.4 Å². The van der Waals surface area contributed by atoms with Crippen LogP contribution >= 0.6 is 11.6 Å². The summed E-state index contributed by atoms with van der Waals surface area (Å²) in [5.74, 6) is 1.97. The lowest BCUT2D eigenvalue weighted by molar-refractivity contribution is 0.295. The molecule has 0 atom stereocenters. The molecule has 4 aromatic rings. The van der Waals surface area contributed by atoms with Crippen LogP contribution in [0.25, 0.3) is 10.9 Å². The van der Waals surface area contributed by atoms with Gasteiger partial charge >= 0.3 is 0 Å². The fraction of sp³-hybridized carbons (Fsp3) is 0.190. The van der Waals surface area contributed by atoms with Gasteiger partial charge in [-0.1, -0.05) is 11.6 Å². The monoisotopic (exact) mass is 427 g/mol. The second kappa shape index (κ2) is 8.54. The Labute approximate surface area is 177 Å². The van der Waals surface area contributed by atoms with E-state index in [1.165, 1.54) is 12.4 Å². The second-order valence-corrected chi connectivity index (χ2v) is 6.98. The van der Waals surface area contributed by atoms with E-state index in [1.54, 1.807) is 37.6 Å². The number of rotatable bonds is 7. The van der Waals surface area contributed by atoms with Crippen LogP contribution in [0.4, 0.5) is 15.9 Å². The zero-order valence-corrected chi connectivity index (χ0v) is 17.2. The number of hydrogen-bond donors (Lipinski definition) is 1. The molecular weight excluding hydrogens is 409 g/mol. The van der Waals surface area contributed by atoms with Crippen LogP contribution in [0.15, 0.2) is 49.1 Å². The number of nitrogens with zero attached hydrogens (tertiary/aromatic N) is 4. The van der Waals surface area contributed by atoms with E-state index in [4.69, 9.17) is 21.1 Å². The Balaban J connectivity index is 1.61. The summed E-state index contributed by atoms with van der Waals surface area (Å²) in [6, 6.07) is 7.93. The summed E-state index contributed by atoms with van der Waals surface area (Å²) >= 11 is 5.83. The number of aryl methyl sites for hydroxylation is 1. The average molecular weight is 428 g/mol. The highest BCUT2D eigenvalue weighted by Gasteiger charge is 2.13. The molecule has 0 saturated heterocycles. The van der Waals surface area contributed by atoms with Gasteiger partial charge in [-0.3, -0.25) is 0 Å². The van der Waals surface area contributed by atoms with Gasteiger partial charge in [0.15, 0.2) is 11.5 Å². The SMILES string of the molecule is COc1cc2c(Nc3ccc(Cl)cc3F)ncnc2cc1OCCc1nccn1C. The van der Waals surface area contributed by atoms with Crippen molar-refractivity contribution in [3.63, 3.8) is 0 Å². The molecule has 0 aliphatic rings. The molecule has 2 aromatic carbocycles. The summed E-state index contributed by atoms with van der Waals surface area (Å²) in [6.07, 6.45) is 5.70. The number of methoxy groups -OCH3 is 1. The van der Waals surface area contributed by atoms with Gasteiger partial charge in [-0.2, -0.15) is 0 Å². The van der Waals surface area contributed by atoms with Gasteiger partial charge in [-0.15, -0.1) is 0 Å². The smallest absolute Gasteiger partial charge is 0.163 e. The van der Waals surface area contributed by atoms with Gasteiger partial charge in [0.25, 0.3) is 0 Å². The van der Waals surface area contributed by atoms with Crippen molar-refractivity contribution >= 4 is 34.0 Å². The molecule has 154 valence electrons. The maximum Gasteiger partial charge on any atom is 0.163 e. The Bertz CT molecular complexity index is 1200. The highest BCUT2D eigenvalue weighted by Crippen LogP contribution is 2.35. The molecule has 7 nitrogen and oxygen atoms in total. The topological polar surface area (TPSA) is 74.1 Å². The maximum atomic E-state index is 14.2. The van der Waals surface area contributed by atoms with Crippen molar-refractivity contribution in [1.29, 1.82) is 0 Å².